The highest BCUT2D eigenvalue weighted by Crippen LogP contribution is 2.28. The van der Waals surface area contributed by atoms with E-state index in [4.69, 9.17) is 19.3 Å². The fourth-order valence-corrected chi connectivity index (χ4v) is 2.25. The molecule has 0 aliphatic heterocycles. The van der Waals surface area contributed by atoms with Gasteiger partial charge in [0.25, 0.3) is 0 Å². The summed E-state index contributed by atoms with van der Waals surface area (Å²) in [5.41, 5.74) is 2.42. The minimum atomic E-state index is -1.01. The van der Waals surface area contributed by atoms with Crippen molar-refractivity contribution >= 4 is 5.97 Å². The smallest absolute Gasteiger partial charge is 0.335 e. The molecule has 2 aromatic carbocycles. The van der Waals surface area contributed by atoms with E-state index in [2.05, 4.69) is 6.07 Å². The molecule has 0 saturated heterocycles. The van der Waals surface area contributed by atoms with E-state index in [9.17, 15) is 4.79 Å². The van der Waals surface area contributed by atoms with Gasteiger partial charge in [-0.15, -0.1) is 0 Å². The van der Waals surface area contributed by atoms with Crippen LogP contribution in [0.5, 0.6) is 17.2 Å². The van der Waals surface area contributed by atoms with E-state index in [1.807, 2.05) is 26.0 Å². The lowest BCUT2D eigenvalue weighted by Crippen LogP contribution is -2.10. The second kappa shape index (κ2) is 7.54. The summed E-state index contributed by atoms with van der Waals surface area (Å²) in [7, 11) is 1.51. The molecule has 2 aromatic rings. The number of benzene rings is 2. The number of carboxylic acid groups (broad SMARTS) is 1. The first kappa shape index (κ1) is 16.7. The zero-order valence-corrected chi connectivity index (χ0v) is 13.5. The van der Waals surface area contributed by atoms with Gasteiger partial charge in [-0.2, -0.15) is 0 Å². The molecule has 2 rings (SSSR count). The van der Waals surface area contributed by atoms with Crippen LogP contribution in [0.3, 0.4) is 0 Å². The van der Waals surface area contributed by atoms with Gasteiger partial charge < -0.3 is 19.3 Å². The second-order valence-corrected chi connectivity index (χ2v) is 5.19. The first-order valence-electron chi connectivity index (χ1n) is 7.25. The number of hydrogen-bond acceptors (Lipinski definition) is 4. The average molecular weight is 316 g/mol. The zero-order chi connectivity index (χ0) is 16.8. The number of carbonyl (C=O) groups is 1. The van der Waals surface area contributed by atoms with Crippen LogP contribution in [-0.2, 0) is 0 Å². The summed E-state index contributed by atoms with van der Waals surface area (Å²) in [5, 5.41) is 9.02. The maximum atomic E-state index is 11.0. The van der Waals surface area contributed by atoms with Gasteiger partial charge in [-0.25, -0.2) is 4.79 Å². The monoisotopic (exact) mass is 316 g/mol. The Balaban J connectivity index is 1.95. The third-order valence-electron chi connectivity index (χ3n) is 3.22. The molecule has 0 aliphatic rings. The van der Waals surface area contributed by atoms with Crippen LogP contribution in [0.2, 0.25) is 0 Å². The number of aromatic carboxylic acids is 1. The normalized spacial score (nSPS) is 10.2. The molecule has 0 aromatic heterocycles. The summed E-state index contributed by atoms with van der Waals surface area (Å²) in [4.78, 5) is 11.0. The number of carboxylic acids is 1. The molecule has 0 spiro atoms. The molecule has 0 atom stereocenters. The lowest BCUT2D eigenvalue weighted by molar-refractivity contribution is 0.0696. The molecule has 5 heteroatoms. The van der Waals surface area contributed by atoms with E-state index in [0.717, 1.165) is 16.9 Å². The summed E-state index contributed by atoms with van der Waals surface area (Å²) in [6.45, 7) is 4.66. The van der Waals surface area contributed by atoms with Crippen molar-refractivity contribution < 1.29 is 24.1 Å². The van der Waals surface area contributed by atoms with Crippen molar-refractivity contribution in [3.63, 3.8) is 0 Å². The summed E-state index contributed by atoms with van der Waals surface area (Å²) >= 11 is 0. The average Bonchev–Trinajstić information content (AvgIpc) is 2.50. The van der Waals surface area contributed by atoms with Crippen molar-refractivity contribution in [1.29, 1.82) is 0 Å². The topological polar surface area (TPSA) is 65.0 Å². The predicted octanol–water partition coefficient (Wildman–Crippen LogP) is 3.47. The van der Waals surface area contributed by atoms with Gasteiger partial charge in [0.1, 0.15) is 19.0 Å². The van der Waals surface area contributed by atoms with E-state index < -0.39 is 5.97 Å². The van der Waals surface area contributed by atoms with Crippen LogP contribution in [0, 0.1) is 13.8 Å². The molecule has 1 N–H and O–H groups in total. The maximum absolute atomic E-state index is 11.0. The van der Waals surface area contributed by atoms with Gasteiger partial charge in [-0.3, -0.25) is 0 Å². The van der Waals surface area contributed by atoms with Crippen LogP contribution in [0.15, 0.2) is 36.4 Å². The first-order valence-corrected chi connectivity index (χ1v) is 7.25. The number of aryl methyl sites for hydroxylation is 2. The van der Waals surface area contributed by atoms with Gasteiger partial charge in [-0.05, 0) is 55.3 Å². The Morgan fingerprint density at radius 2 is 1.61 bits per heavy atom. The Kier molecular flexibility index (Phi) is 5.46. The van der Waals surface area contributed by atoms with Crippen LogP contribution in [-0.4, -0.2) is 31.4 Å². The zero-order valence-electron chi connectivity index (χ0n) is 13.5. The number of methoxy groups -OCH3 is 1. The highest BCUT2D eigenvalue weighted by molar-refractivity contribution is 5.88. The molecule has 0 radical (unpaired) electrons. The van der Waals surface area contributed by atoms with Gasteiger partial charge in [0, 0.05) is 0 Å². The summed E-state index contributed by atoms with van der Waals surface area (Å²) in [6.07, 6.45) is 0. The Bertz CT molecular complexity index is 674. The molecule has 5 nitrogen and oxygen atoms in total. The van der Waals surface area contributed by atoms with Gasteiger partial charge in [0.15, 0.2) is 11.5 Å². The van der Waals surface area contributed by atoms with Crippen LogP contribution in [0.1, 0.15) is 21.5 Å². The highest BCUT2D eigenvalue weighted by atomic mass is 16.5. The molecule has 122 valence electrons. The fraction of sp³-hybridized carbons (Fsp3) is 0.278. The van der Waals surface area contributed by atoms with Crippen molar-refractivity contribution in [2.24, 2.45) is 0 Å². The Morgan fingerprint density at radius 3 is 2.22 bits per heavy atom. The van der Waals surface area contributed by atoms with Crippen molar-refractivity contribution in [2.75, 3.05) is 20.3 Å². The molecule has 0 unspecified atom stereocenters. The van der Waals surface area contributed by atoms with Crippen molar-refractivity contribution in [1.82, 2.24) is 0 Å². The van der Waals surface area contributed by atoms with Gasteiger partial charge >= 0.3 is 5.97 Å². The third kappa shape index (κ3) is 4.64. The number of rotatable bonds is 7. The molecule has 0 bridgehead atoms. The molecular weight excluding hydrogens is 296 g/mol. The van der Waals surface area contributed by atoms with Crippen LogP contribution < -0.4 is 14.2 Å². The van der Waals surface area contributed by atoms with E-state index in [0.29, 0.717) is 18.1 Å². The fourth-order valence-electron chi connectivity index (χ4n) is 2.25. The van der Waals surface area contributed by atoms with Crippen molar-refractivity contribution in [2.45, 2.75) is 13.8 Å². The van der Waals surface area contributed by atoms with Crippen LogP contribution >= 0.6 is 0 Å². The summed E-state index contributed by atoms with van der Waals surface area (Å²) in [6, 6.07) is 10.5. The van der Waals surface area contributed by atoms with Gasteiger partial charge in [-0.1, -0.05) is 6.07 Å². The quantitative estimate of drug-likeness (QED) is 0.792. The number of hydrogen-bond donors (Lipinski definition) is 1. The standard InChI is InChI=1S/C18H20O5/c1-12-8-13(2)10-15(9-12)22-6-7-23-17-11-14(18(19)20)4-5-16(17)21-3/h4-5,8-11H,6-7H2,1-3H3,(H,19,20). The molecule has 0 heterocycles. The molecular formula is C18H20O5. The Hall–Kier alpha value is -2.69. The minimum Gasteiger partial charge on any atom is -0.493 e. The van der Waals surface area contributed by atoms with Crippen LogP contribution in [0.25, 0.3) is 0 Å². The maximum Gasteiger partial charge on any atom is 0.335 e. The molecule has 0 fully saturated rings. The van der Waals surface area contributed by atoms with E-state index in [-0.39, 0.29) is 12.2 Å². The van der Waals surface area contributed by atoms with Gasteiger partial charge in [0.2, 0.25) is 0 Å². The molecule has 0 aliphatic carbocycles. The van der Waals surface area contributed by atoms with Crippen molar-refractivity contribution in [3.05, 3.63) is 53.1 Å². The Morgan fingerprint density at radius 1 is 0.957 bits per heavy atom. The lowest BCUT2D eigenvalue weighted by atomic mass is 10.1. The summed E-state index contributed by atoms with van der Waals surface area (Å²) in [5.74, 6) is 0.652. The first-order chi connectivity index (χ1) is 11.0. The predicted molar refractivity (Wildman–Crippen MR) is 86.9 cm³/mol. The number of ether oxygens (including phenoxy) is 3. The summed E-state index contributed by atoms with van der Waals surface area (Å²) < 4.78 is 16.4. The van der Waals surface area contributed by atoms with Crippen molar-refractivity contribution in [3.8, 4) is 17.2 Å². The lowest BCUT2D eigenvalue weighted by Gasteiger charge is -2.12. The van der Waals surface area contributed by atoms with E-state index >= 15 is 0 Å². The highest BCUT2D eigenvalue weighted by Gasteiger charge is 2.10. The van der Waals surface area contributed by atoms with E-state index in [1.165, 1.54) is 19.2 Å². The molecule has 23 heavy (non-hydrogen) atoms. The Labute approximate surface area is 135 Å². The van der Waals surface area contributed by atoms with Gasteiger partial charge in [0.05, 0.1) is 12.7 Å². The second-order valence-electron chi connectivity index (χ2n) is 5.19. The third-order valence-corrected chi connectivity index (χ3v) is 3.22. The van der Waals surface area contributed by atoms with Crippen LogP contribution in [0.4, 0.5) is 0 Å². The largest absolute Gasteiger partial charge is 0.493 e. The SMILES string of the molecule is COc1ccc(C(=O)O)cc1OCCOc1cc(C)cc(C)c1. The molecule has 0 amide bonds. The molecule has 0 saturated carbocycles. The van der Waals surface area contributed by atoms with E-state index in [1.54, 1.807) is 6.07 Å². The minimum absolute atomic E-state index is 0.149.